The summed E-state index contributed by atoms with van der Waals surface area (Å²) in [6.07, 6.45) is 9.33. The van der Waals surface area contributed by atoms with Crippen molar-refractivity contribution in [3.63, 3.8) is 0 Å². The van der Waals surface area contributed by atoms with Gasteiger partial charge in [0.2, 0.25) is 0 Å². The van der Waals surface area contributed by atoms with Crippen LogP contribution in [0, 0.1) is 11.8 Å². The second kappa shape index (κ2) is 6.55. The molecule has 98 valence electrons. The number of ether oxygens (including phenoxy) is 1. The fourth-order valence-corrected chi connectivity index (χ4v) is 3.28. The molecule has 3 unspecified atom stereocenters. The highest BCUT2D eigenvalue weighted by atomic mass is 16.5. The van der Waals surface area contributed by atoms with Gasteiger partial charge in [0.1, 0.15) is 0 Å². The Morgan fingerprint density at radius 2 is 2.35 bits per heavy atom. The van der Waals surface area contributed by atoms with Gasteiger partial charge < -0.3 is 10.1 Å². The predicted octanol–water partition coefficient (Wildman–Crippen LogP) is 3.14. The molecule has 1 aliphatic carbocycles. The van der Waals surface area contributed by atoms with Gasteiger partial charge in [0, 0.05) is 6.61 Å². The van der Waals surface area contributed by atoms with E-state index in [9.17, 15) is 0 Å². The monoisotopic (exact) mass is 237 g/mol. The lowest BCUT2D eigenvalue weighted by Crippen LogP contribution is -2.28. The molecule has 1 fully saturated rings. The molecule has 0 aromatic carbocycles. The van der Waals surface area contributed by atoms with Gasteiger partial charge in [-0.25, -0.2) is 0 Å². The molecule has 2 aliphatic rings. The molecule has 0 saturated carbocycles. The molecule has 0 aromatic heterocycles. The predicted molar refractivity (Wildman–Crippen MR) is 72.1 cm³/mol. The maximum Gasteiger partial charge on any atom is 0.0588 e. The quantitative estimate of drug-likeness (QED) is 0.586. The average Bonchev–Trinajstić information content (AvgIpc) is 2.76. The van der Waals surface area contributed by atoms with Gasteiger partial charge in [-0.2, -0.15) is 0 Å². The highest BCUT2D eigenvalue weighted by Crippen LogP contribution is 2.27. The molecule has 1 saturated heterocycles. The van der Waals surface area contributed by atoms with Crippen molar-refractivity contribution in [3.05, 3.63) is 11.6 Å². The summed E-state index contributed by atoms with van der Waals surface area (Å²) in [6, 6.07) is 0. The zero-order valence-corrected chi connectivity index (χ0v) is 11.4. The number of nitrogens with one attached hydrogen (secondary N) is 1. The summed E-state index contributed by atoms with van der Waals surface area (Å²) in [5, 5.41) is 3.62. The SMILES string of the molecule is CC1=CC(C)CC(CNCCC2CCCO2)C1. The van der Waals surface area contributed by atoms with Crippen molar-refractivity contribution in [1.82, 2.24) is 5.32 Å². The smallest absolute Gasteiger partial charge is 0.0588 e. The maximum absolute atomic E-state index is 5.63. The lowest BCUT2D eigenvalue weighted by molar-refractivity contribution is 0.104. The van der Waals surface area contributed by atoms with Crippen LogP contribution in [0.2, 0.25) is 0 Å². The lowest BCUT2D eigenvalue weighted by atomic mass is 9.84. The van der Waals surface area contributed by atoms with E-state index in [1.54, 1.807) is 5.57 Å². The first-order valence-electron chi connectivity index (χ1n) is 7.23. The van der Waals surface area contributed by atoms with Crippen LogP contribution in [-0.2, 0) is 4.74 Å². The highest BCUT2D eigenvalue weighted by Gasteiger charge is 2.18. The Bertz CT molecular complexity index is 256. The van der Waals surface area contributed by atoms with E-state index in [0.717, 1.165) is 25.0 Å². The summed E-state index contributed by atoms with van der Waals surface area (Å²) in [7, 11) is 0. The van der Waals surface area contributed by atoms with Crippen LogP contribution in [0.3, 0.4) is 0 Å². The van der Waals surface area contributed by atoms with Gasteiger partial charge in [0.25, 0.3) is 0 Å². The van der Waals surface area contributed by atoms with E-state index in [4.69, 9.17) is 4.74 Å². The second-order valence-corrected chi connectivity index (χ2v) is 5.92. The standard InChI is InChI=1S/C15H27NO/c1-12-8-13(2)10-14(9-12)11-16-6-5-15-4-3-7-17-15/h8,12,14-16H,3-7,9-11H2,1-2H3. The minimum Gasteiger partial charge on any atom is -0.378 e. The van der Waals surface area contributed by atoms with E-state index in [-0.39, 0.29) is 0 Å². The van der Waals surface area contributed by atoms with Gasteiger partial charge in [-0.1, -0.05) is 18.6 Å². The summed E-state index contributed by atoms with van der Waals surface area (Å²) in [4.78, 5) is 0. The molecule has 2 heteroatoms. The Hall–Kier alpha value is -0.340. The van der Waals surface area contributed by atoms with Crippen molar-refractivity contribution in [3.8, 4) is 0 Å². The molecule has 3 atom stereocenters. The van der Waals surface area contributed by atoms with Crippen molar-refractivity contribution in [2.24, 2.45) is 11.8 Å². The van der Waals surface area contributed by atoms with Gasteiger partial charge in [-0.15, -0.1) is 0 Å². The van der Waals surface area contributed by atoms with Crippen molar-refractivity contribution in [2.75, 3.05) is 19.7 Å². The number of rotatable bonds is 5. The second-order valence-electron chi connectivity index (χ2n) is 5.92. The average molecular weight is 237 g/mol. The van der Waals surface area contributed by atoms with Crippen LogP contribution in [0.4, 0.5) is 0 Å². The van der Waals surface area contributed by atoms with Crippen molar-refractivity contribution in [1.29, 1.82) is 0 Å². The van der Waals surface area contributed by atoms with E-state index in [0.29, 0.717) is 6.10 Å². The van der Waals surface area contributed by atoms with Crippen LogP contribution < -0.4 is 5.32 Å². The van der Waals surface area contributed by atoms with Gasteiger partial charge in [-0.3, -0.25) is 0 Å². The van der Waals surface area contributed by atoms with Crippen LogP contribution in [0.15, 0.2) is 11.6 Å². The Labute approximate surface area is 106 Å². The zero-order valence-electron chi connectivity index (χ0n) is 11.4. The summed E-state index contributed by atoms with van der Waals surface area (Å²) in [5.41, 5.74) is 1.58. The van der Waals surface area contributed by atoms with E-state index >= 15 is 0 Å². The normalized spacial score (nSPS) is 33.8. The molecule has 1 aliphatic heterocycles. The molecular weight excluding hydrogens is 210 g/mol. The van der Waals surface area contributed by atoms with E-state index in [1.165, 1.54) is 38.6 Å². The molecule has 0 spiro atoms. The molecule has 2 rings (SSSR count). The number of hydrogen-bond donors (Lipinski definition) is 1. The third-order valence-electron chi connectivity index (χ3n) is 3.98. The van der Waals surface area contributed by atoms with E-state index < -0.39 is 0 Å². The summed E-state index contributed by atoms with van der Waals surface area (Å²) in [5.74, 6) is 1.62. The van der Waals surface area contributed by atoms with Crippen LogP contribution in [0.25, 0.3) is 0 Å². The maximum atomic E-state index is 5.63. The Morgan fingerprint density at radius 3 is 3.06 bits per heavy atom. The fourth-order valence-electron chi connectivity index (χ4n) is 3.28. The Morgan fingerprint density at radius 1 is 1.47 bits per heavy atom. The Kier molecular flexibility index (Phi) is 5.05. The number of allylic oxidation sites excluding steroid dienone is 2. The first-order chi connectivity index (χ1) is 8.24. The van der Waals surface area contributed by atoms with Crippen LogP contribution >= 0.6 is 0 Å². The molecule has 17 heavy (non-hydrogen) atoms. The van der Waals surface area contributed by atoms with Gasteiger partial charge in [0.05, 0.1) is 6.10 Å². The third-order valence-corrected chi connectivity index (χ3v) is 3.98. The highest BCUT2D eigenvalue weighted by molar-refractivity contribution is 5.06. The molecule has 0 aromatic rings. The number of hydrogen-bond acceptors (Lipinski definition) is 2. The topological polar surface area (TPSA) is 21.3 Å². The Balaban J connectivity index is 1.57. The molecule has 0 amide bonds. The summed E-state index contributed by atoms with van der Waals surface area (Å²) in [6.45, 7) is 7.90. The third kappa shape index (κ3) is 4.44. The molecule has 1 heterocycles. The lowest BCUT2D eigenvalue weighted by Gasteiger charge is -2.25. The summed E-state index contributed by atoms with van der Waals surface area (Å²) >= 11 is 0. The van der Waals surface area contributed by atoms with E-state index in [2.05, 4.69) is 25.2 Å². The van der Waals surface area contributed by atoms with Crippen molar-refractivity contribution < 1.29 is 4.74 Å². The first kappa shape index (κ1) is 13.1. The van der Waals surface area contributed by atoms with Crippen LogP contribution in [0.1, 0.15) is 46.0 Å². The molecule has 2 nitrogen and oxygen atoms in total. The van der Waals surface area contributed by atoms with Crippen molar-refractivity contribution >= 4 is 0 Å². The first-order valence-corrected chi connectivity index (χ1v) is 7.23. The molecule has 0 radical (unpaired) electrons. The molecule has 0 bridgehead atoms. The molecule has 1 N–H and O–H groups in total. The van der Waals surface area contributed by atoms with Gasteiger partial charge in [0.15, 0.2) is 0 Å². The summed E-state index contributed by atoms with van der Waals surface area (Å²) < 4.78 is 5.63. The molecular formula is C15H27NO. The largest absolute Gasteiger partial charge is 0.378 e. The van der Waals surface area contributed by atoms with Crippen LogP contribution in [0.5, 0.6) is 0 Å². The van der Waals surface area contributed by atoms with Crippen LogP contribution in [-0.4, -0.2) is 25.8 Å². The zero-order chi connectivity index (χ0) is 12.1. The fraction of sp³-hybridized carbons (Fsp3) is 0.867. The van der Waals surface area contributed by atoms with Gasteiger partial charge >= 0.3 is 0 Å². The minimum atomic E-state index is 0.536. The minimum absolute atomic E-state index is 0.536. The van der Waals surface area contributed by atoms with Gasteiger partial charge in [-0.05, 0) is 64.0 Å². The van der Waals surface area contributed by atoms with E-state index in [1.807, 2.05) is 0 Å². The van der Waals surface area contributed by atoms with Crippen molar-refractivity contribution in [2.45, 2.75) is 52.1 Å².